The van der Waals surface area contributed by atoms with Crippen molar-refractivity contribution in [3.05, 3.63) is 0 Å². The molecule has 0 fully saturated rings. The van der Waals surface area contributed by atoms with E-state index in [-0.39, 0.29) is 12.0 Å². The van der Waals surface area contributed by atoms with E-state index in [1.54, 1.807) is 0 Å². The van der Waals surface area contributed by atoms with Crippen LogP contribution in [-0.4, -0.2) is 50.2 Å². The van der Waals surface area contributed by atoms with Crippen molar-refractivity contribution in [3.63, 3.8) is 0 Å². The molecule has 0 aromatic carbocycles. The third kappa shape index (κ3) is 9.00. The Hall–Kier alpha value is -0.610. The molecule has 0 spiro atoms. The maximum absolute atomic E-state index is 11.6. The molecule has 0 saturated carbocycles. The third-order valence-corrected chi connectivity index (χ3v) is 3.54. The van der Waals surface area contributed by atoms with Crippen LogP contribution in [0.3, 0.4) is 0 Å². The van der Waals surface area contributed by atoms with Gasteiger partial charge in [-0.2, -0.15) is 0 Å². The van der Waals surface area contributed by atoms with Gasteiger partial charge in [-0.15, -0.1) is 0 Å². The van der Waals surface area contributed by atoms with Gasteiger partial charge < -0.3 is 15.0 Å². The predicted molar refractivity (Wildman–Crippen MR) is 80.3 cm³/mol. The zero-order valence-corrected chi connectivity index (χ0v) is 13.4. The van der Waals surface area contributed by atoms with E-state index < -0.39 is 0 Å². The first-order valence-corrected chi connectivity index (χ1v) is 7.54. The molecule has 1 unspecified atom stereocenters. The first-order chi connectivity index (χ1) is 9.02. The Bertz CT molecular complexity index is 232. The Labute approximate surface area is 118 Å². The molecule has 1 N–H and O–H groups in total. The molecule has 19 heavy (non-hydrogen) atoms. The number of nitrogens with one attached hydrogen (secondary N) is 1. The molecule has 0 aromatic heterocycles. The van der Waals surface area contributed by atoms with Crippen LogP contribution in [0, 0.1) is 0 Å². The lowest BCUT2D eigenvalue weighted by atomic mass is 10.1. The van der Waals surface area contributed by atoms with Crippen molar-refractivity contribution >= 4 is 5.97 Å². The fraction of sp³-hybridized carbons (Fsp3) is 0.933. The van der Waals surface area contributed by atoms with Crippen molar-refractivity contribution in [2.45, 2.75) is 65.0 Å². The molecule has 0 aliphatic carbocycles. The Balaban J connectivity index is 3.77. The summed E-state index contributed by atoms with van der Waals surface area (Å²) in [4.78, 5) is 13.9. The second-order valence-corrected chi connectivity index (χ2v) is 5.45. The minimum absolute atomic E-state index is 0.132. The molecule has 0 radical (unpaired) electrons. The normalized spacial score (nSPS) is 13.0. The molecule has 0 rings (SSSR count). The molecule has 0 saturated heterocycles. The molecule has 0 heterocycles. The van der Waals surface area contributed by atoms with Crippen LogP contribution >= 0.6 is 0 Å². The van der Waals surface area contributed by atoms with E-state index in [9.17, 15) is 4.79 Å². The first-order valence-electron chi connectivity index (χ1n) is 7.54. The summed E-state index contributed by atoms with van der Waals surface area (Å²) >= 11 is 0. The molecule has 4 heteroatoms. The highest BCUT2D eigenvalue weighted by atomic mass is 16.5. The molecule has 0 aliphatic rings. The first kappa shape index (κ1) is 18.4. The molecule has 0 bridgehead atoms. The highest BCUT2D eigenvalue weighted by Gasteiger charge is 2.17. The maximum atomic E-state index is 11.6. The molecule has 0 aromatic rings. The largest absolute Gasteiger partial charge is 0.468 e. The Kier molecular flexibility index (Phi) is 10.9. The van der Waals surface area contributed by atoms with E-state index in [1.165, 1.54) is 7.11 Å². The molecular weight excluding hydrogens is 240 g/mol. The van der Waals surface area contributed by atoms with Gasteiger partial charge in [0, 0.05) is 6.04 Å². The lowest BCUT2D eigenvalue weighted by molar-refractivity contribution is -0.143. The number of nitrogens with zero attached hydrogens (tertiary/aromatic N) is 1. The van der Waals surface area contributed by atoms with E-state index in [0.29, 0.717) is 6.04 Å². The van der Waals surface area contributed by atoms with E-state index in [2.05, 4.69) is 38.0 Å². The predicted octanol–water partition coefficient (Wildman–Crippen LogP) is 2.43. The van der Waals surface area contributed by atoms with Crippen molar-refractivity contribution in [1.82, 2.24) is 10.2 Å². The number of hydrogen-bond acceptors (Lipinski definition) is 4. The fourth-order valence-corrected chi connectivity index (χ4v) is 1.87. The number of hydrogen-bond donors (Lipinski definition) is 1. The van der Waals surface area contributed by atoms with Crippen LogP contribution in [0.4, 0.5) is 0 Å². The number of methoxy groups -OCH3 is 1. The van der Waals surface area contributed by atoms with Gasteiger partial charge in [0.2, 0.25) is 0 Å². The van der Waals surface area contributed by atoms with Crippen LogP contribution in [0.15, 0.2) is 0 Å². The van der Waals surface area contributed by atoms with Crippen LogP contribution in [0.5, 0.6) is 0 Å². The van der Waals surface area contributed by atoms with Gasteiger partial charge in [0.25, 0.3) is 0 Å². The van der Waals surface area contributed by atoms with E-state index >= 15 is 0 Å². The standard InChI is InChI=1S/C15H32N2O2/c1-6-7-10-14(15(18)19-5)16-11-8-9-12-17(4)13(2)3/h13-14,16H,6-12H2,1-5H3. The Morgan fingerprint density at radius 3 is 2.47 bits per heavy atom. The summed E-state index contributed by atoms with van der Waals surface area (Å²) in [6, 6.07) is 0.466. The summed E-state index contributed by atoms with van der Waals surface area (Å²) in [6.07, 6.45) is 5.28. The summed E-state index contributed by atoms with van der Waals surface area (Å²) in [5.41, 5.74) is 0. The SMILES string of the molecule is CCCCC(NCCCCN(C)C(C)C)C(=O)OC. The summed E-state index contributed by atoms with van der Waals surface area (Å²) < 4.78 is 4.83. The monoisotopic (exact) mass is 272 g/mol. The highest BCUT2D eigenvalue weighted by Crippen LogP contribution is 2.03. The third-order valence-electron chi connectivity index (χ3n) is 3.54. The van der Waals surface area contributed by atoms with Gasteiger partial charge in [-0.25, -0.2) is 0 Å². The average molecular weight is 272 g/mol. The smallest absolute Gasteiger partial charge is 0.322 e. The van der Waals surface area contributed by atoms with E-state index in [1.807, 2.05) is 0 Å². The summed E-state index contributed by atoms with van der Waals surface area (Å²) in [5.74, 6) is -0.132. The zero-order valence-electron chi connectivity index (χ0n) is 13.4. The maximum Gasteiger partial charge on any atom is 0.322 e. The summed E-state index contributed by atoms with van der Waals surface area (Å²) in [6.45, 7) is 8.54. The minimum Gasteiger partial charge on any atom is -0.468 e. The lowest BCUT2D eigenvalue weighted by Crippen LogP contribution is -2.38. The van der Waals surface area contributed by atoms with Gasteiger partial charge in [-0.3, -0.25) is 4.79 Å². The lowest BCUT2D eigenvalue weighted by Gasteiger charge is -2.21. The van der Waals surface area contributed by atoms with E-state index in [0.717, 1.165) is 45.2 Å². The van der Waals surface area contributed by atoms with Crippen LogP contribution < -0.4 is 5.32 Å². The van der Waals surface area contributed by atoms with Crippen molar-refractivity contribution < 1.29 is 9.53 Å². The summed E-state index contributed by atoms with van der Waals surface area (Å²) in [7, 11) is 3.61. The van der Waals surface area contributed by atoms with Gasteiger partial charge in [-0.05, 0) is 53.2 Å². The number of rotatable bonds is 11. The molecule has 1 atom stereocenters. The Morgan fingerprint density at radius 1 is 1.26 bits per heavy atom. The van der Waals surface area contributed by atoms with E-state index in [4.69, 9.17) is 4.74 Å². The highest BCUT2D eigenvalue weighted by molar-refractivity contribution is 5.75. The summed E-state index contributed by atoms with van der Waals surface area (Å²) in [5, 5.41) is 3.32. The molecule has 4 nitrogen and oxygen atoms in total. The van der Waals surface area contributed by atoms with Gasteiger partial charge in [0.1, 0.15) is 6.04 Å². The fourth-order valence-electron chi connectivity index (χ4n) is 1.87. The van der Waals surface area contributed by atoms with Crippen LogP contribution in [-0.2, 0) is 9.53 Å². The van der Waals surface area contributed by atoms with Crippen LogP contribution in [0.2, 0.25) is 0 Å². The van der Waals surface area contributed by atoms with Crippen molar-refractivity contribution in [1.29, 1.82) is 0 Å². The second kappa shape index (κ2) is 11.2. The van der Waals surface area contributed by atoms with Gasteiger partial charge in [0.05, 0.1) is 7.11 Å². The van der Waals surface area contributed by atoms with Crippen molar-refractivity contribution in [2.75, 3.05) is 27.2 Å². The second-order valence-electron chi connectivity index (χ2n) is 5.45. The quantitative estimate of drug-likeness (QED) is 0.463. The molecule has 0 aliphatic heterocycles. The number of unbranched alkanes of at least 4 members (excludes halogenated alkanes) is 2. The van der Waals surface area contributed by atoms with Crippen molar-refractivity contribution in [2.24, 2.45) is 0 Å². The molecule has 0 amide bonds. The van der Waals surface area contributed by atoms with Gasteiger partial charge in [0.15, 0.2) is 0 Å². The minimum atomic E-state index is -0.132. The number of ether oxygens (including phenoxy) is 1. The number of carbonyl (C=O) groups is 1. The van der Waals surface area contributed by atoms with Gasteiger partial charge in [-0.1, -0.05) is 19.8 Å². The van der Waals surface area contributed by atoms with Gasteiger partial charge >= 0.3 is 5.97 Å². The average Bonchev–Trinajstić information content (AvgIpc) is 2.40. The molecular formula is C15H32N2O2. The number of carbonyl (C=O) groups excluding carboxylic acids is 1. The molecule has 114 valence electrons. The van der Waals surface area contributed by atoms with Crippen molar-refractivity contribution in [3.8, 4) is 0 Å². The van der Waals surface area contributed by atoms with Crippen LogP contribution in [0.25, 0.3) is 0 Å². The zero-order chi connectivity index (χ0) is 14.7. The topological polar surface area (TPSA) is 41.6 Å². The Morgan fingerprint density at radius 2 is 1.95 bits per heavy atom. The van der Waals surface area contributed by atoms with Crippen LogP contribution in [0.1, 0.15) is 52.9 Å². The number of esters is 1.